The number of ether oxygens (including phenoxy) is 1. The molecule has 0 saturated carbocycles. The Balaban J connectivity index is 2.65. The predicted molar refractivity (Wildman–Crippen MR) is 70.4 cm³/mol. The number of carbonyl (C=O) groups excluding carboxylic acids is 1. The minimum absolute atomic E-state index is 0.0749. The van der Waals surface area contributed by atoms with Crippen LogP contribution >= 0.6 is 0 Å². The van der Waals surface area contributed by atoms with Gasteiger partial charge in [-0.3, -0.25) is 19.1 Å². The number of carbonyl (C=O) groups is 1. The van der Waals surface area contributed by atoms with Crippen molar-refractivity contribution in [3.05, 3.63) is 51.2 Å². The Morgan fingerprint density at radius 2 is 1.95 bits per heavy atom. The average molecular weight is 276 g/mol. The molecular weight excluding hydrogens is 264 g/mol. The van der Waals surface area contributed by atoms with Gasteiger partial charge >= 0.3 is 11.7 Å². The van der Waals surface area contributed by atoms with E-state index in [-0.39, 0.29) is 5.56 Å². The Kier molecular flexibility index (Phi) is 3.69. The van der Waals surface area contributed by atoms with Gasteiger partial charge in [0.2, 0.25) is 5.88 Å². The van der Waals surface area contributed by atoms with Gasteiger partial charge in [0.1, 0.15) is 12.1 Å². The first-order valence-electron chi connectivity index (χ1n) is 5.73. The summed E-state index contributed by atoms with van der Waals surface area (Å²) in [6.07, 6.45) is 0. The van der Waals surface area contributed by atoms with E-state index in [1.165, 1.54) is 0 Å². The summed E-state index contributed by atoms with van der Waals surface area (Å²) in [5.41, 5.74) is -1.24. The molecular formula is C13H12N2O5. The van der Waals surface area contributed by atoms with Gasteiger partial charge in [-0.2, -0.15) is 0 Å². The Morgan fingerprint density at radius 3 is 2.55 bits per heavy atom. The number of hydrogen-bond acceptors (Lipinski definition) is 5. The SMILES string of the molecule is COC(=O)Cn1c(O)c(-c2ccccc2)c(=O)[nH]c1=O. The van der Waals surface area contributed by atoms with Crippen LogP contribution in [0.5, 0.6) is 5.88 Å². The normalized spacial score (nSPS) is 10.2. The highest BCUT2D eigenvalue weighted by molar-refractivity contribution is 5.71. The second-order valence-corrected chi connectivity index (χ2v) is 3.99. The highest BCUT2D eigenvalue weighted by Crippen LogP contribution is 2.23. The summed E-state index contributed by atoms with van der Waals surface area (Å²) in [5, 5.41) is 10.1. The predicted octanol–water partition coefficient (Wildman–Crippen LogP) is 0.0822. The summed E-state index contributed by atoms with van der Waals surface area (Å²) in [4.78, 5) is 36.8. The van der Waals surface area contributed by atoms with Crippen molar-refractivity contribution in [1.29, 1.82) is 0 Å². The number of aromatic nitrogens is 2. The largest absolute Gasteiger partial charge is 0.494 e. The molecule has 0 amide bonds. The maximum Gasteiger partial charge on any atom is 0.331 e. The molecule has 0 spiro atoms. The maximum absolute atomic E-state index is 11.8. The number of benzene rings is 1. The summed E-state index contributed by atoms with van der Waals surface area (Å²) in [6.45, 7) is -0.488. The highest BCUT2D eigenvalue weighted by Gasteiger charge is 2.17. The van der Waals surface area contributed by atoms with Crippen LogP contribution in [0.3, 0.4) is 0 Å². The Labute approximate surface area is 113 Å². The molecule has 1 heterocycles. The van der Waals surface area contributed by atoms with Gasteiger partial charge in [-0.15, -0.1) is 0 Å². The molecule has 0 aliphatic carbocycles. The van der Waals surface area contributed by atoms with Crippen LogP contribution in [-0.2, 0) is 16.1 Å². The molecule has 7 nitrogen and oxygen atoms in total. The second kappa shape index (κ2) is 5.43. The molecule has 1 aromatic carbocycles. The van der Waals surface area contributed by atoms with Crippen molar-refractivity contribution >= 4 is 5.97 Å². The lowest BCUT2D eigenvalue weighted by molar-refractivity contribution is -0.141. The van der Waals surface area contributed by atoms with Gasteiger partial charge in [0.25, 0.3) is 5.56 Å². The van der Waals surface area contributed by atoms with Crippen LogP contribution in [0.4, 0.5) is 0 Å². The van der Waals surface area contributed by atoms with E-state index in [1.54, 1.807) is 30.3 Å². The number of esters is 1. The first-order chi connectivity index (χ1) is 9.54. The van der Waals surface area contributed by atoms with Crippen LogP contribution in [0.15, 0.2) is 39.9 Å². The Morgan fingerprint density at radius 1 is 1.30 bits per heavy atom. The number of H-pyrrole nitrogens is 1. The van der Waals surface area contributed by atoms with Gasteiger partial charge in [0, 0.05) is 0 Å². The monoisotopic (exact) mass is 276 g/mol. The molecule has 7 heteroatoms. The third-order valence-electron chi connectivity index (χ3n) is 2.75. The fourth-order valence-electron chi connectivity index (χ4n) is 1.77. The van der Waals surface area contributed by atoms with Crippen molar-refractivity contribution in [3.8, 4) is 17.0 Å². The molecule has 0 saturated heterocycles. The first-order valence-corrected chi connectivity index (χ1v) is 5.73. The molecule has 104 valence electrons. The zero-order valence-electron chi connectivity index (χ0n) is 10.6. The van der Waals surface area contributed by atoms with Gasteiger partial charge in [-0.25, -0.2) is 4.79 Å². The van der Waals surface area contributed by atoms with Crippen LogP contribution in [0, 0.1) is 0 Å². The van der Waals surface area contributed by atoms with Gasteiger partial charge in [-0.05, 0) is 5.56 Å². The molecule has 1 aromatic heterocycles. The third kappa shape index (κ3) is 2.46. The quantitative estimate of drug-likeness (QED) is 0.773. The van der Waals surface area contributed by atoms with E-state index in [9.17, 15) is 19.5 Å². The van der Waals surface area contributed by atoms with Crippen LogP contribution in [0.1, 0.15) is 0 Å². The molecule has 0 aliphatic heterocycles. The summed E-state index contributed by atoms with van der Waals surface area (Å²) in [7, 11) is 1.16. The lowest BCUT2D eigenvalue weighted by Gasteiger charge is -2.10. The number of aromatic amines is 1. The van der Waals surface area contributed by atoms with Crippen LogP contribution in [0.25, 0.3) is 11.1 Å². The van der Waals surface area contributed by atoms with Crippen molar-refractivity contribution in [2.24, 2.45) is 0 Å². The fourth-order valence-corrected chi connectivity index (χ4v) is 1.77. The Hall–Kier alpha value is -2.83. The Bertz CT molecular complexity index is 746. The van der Waals surface area contributed by atoms with E-state index >= 15 is 0 Å². The molecule has 20 heavy (non-hydrogen) atoms. The molecule has 2 rings (SSSR count). The number of hydrogen-bond donors (Lipinski definition) is 2. The molecule has 0 aliphatic rings. The van der Waals surface area contributed by atoms with Gasteiger partial charge < -0.3 is 9.84 Å². The molecule has 0 radical (unpaired) electrons. The van der Waals surface area contributed by atoms with Crippen LogP contribution in [-0.4, -0.2) is 27.7 Å². The molecule has 2 aromatic rings. The van der Waals surface area contributed by atoms with Crippen molar-refractivity contribution in [2.75, 3.05) is 7.11 Å². The topological polar surface area (TPSA) is 101 Å². The average Bonchev–Trinajstić information content (AvgIpc) is 2.44. The van der Waals surface area contributed by atoms with E-state index in [0.717, 1.165) is 11.7 Å². The van der Waals surface area contributed by atoms with Crippen molar-refractivity contribution in [3.63, 3.8) is 0 Å². The van der Waals surface area contributed by atoms with Gasteiger partial charge in [0.05, 0.1) is 7.11 Å². The summed E-state index contributed by atoms with van der Waals surface area (Å²) in [6, 6.07) is 8.33. The van der Waals surface area contributed by atoms with E-state index in [2.05, 4.69) is 9.72 Å². The third-order valence-corrected chi connectivity index (χ3v) is 2.75. The van der Waals surface area contributed by atoms with Crippen LogP contribution < -0.4 is 11.2 Å². The van der Waals surface area contributed by atoms with E-state index in [0.29, 0.717) is 5.56 Å². The van der Waals surface area contributed by atoms with E-state index in [4.69, 9.17) is 0 Å². The van der Waals surface area contributed by atoms with Crippen LogP contribution in [0.2, 0.25) is 0 Å². The van der Waals surface area contributed by atoms with Crippen molar-refractivity contribution in [2.45, 2.75) is 6.54 Å². The summed E-state index contributed by atoms with van der Waals surface area (Å²) < 4.78 is 5.18. The maximum atomic E-state index is 11.8. The second-order valence-electron chi connectivity index (χ2n) is 3.99. The summed E-state index contributed by atoms with van der Waals surface area (Å²) in [5.74, 6) is -1.29. The molecule has 0 fully saturated rings. The molecule has 0 bridgehead atoms. The number of rotatable bonds is 3. The lowest BCUT2D eigenvalue weighted by atomic mass is 10.1. The molecule has 0 atom stereocenters. The zero-order chi connectivity index (χ0) is 14.7. The smallest absolute Gasteiger partial charge is 0.331 e. The minimum atomic E-state index is -0.877. The van der Waals surface area contributed by atoms with E-state index < -0.39 is 29.6 Å². The first kappa shape index (κ1) is 13.6. The zero-order valence-corrected chi connectivity index (χ0v) is 10.6. The fraction of sp³-hybridized carbons (Fsp3) is 0.154. The lowest BCUT2D eigenvalue weighted by Crippen LogP contribution is -2.33. The van der Waals surface area contributed by atoms with E-state index in [1.807, 2.05) is 0 Å². The number of methoxy groups -OCH3 is 1. The number of nitrogens with zero attached hydrogens (tertiary/aromatic N) is 1. The van der Waals surface area contributed by atoms with Gasteiger partial charge in [-0.1, -0.05) is 30.3 Å². The minimum Gasteiger partial charge on any atom is -0.494 e. The molecule has 2 N–H and O–H groups in total. The van der Waals surface area contributed by atoms with Crippen molar-refractivity contribution < 1.29 is 14.6 Å². The van der Waals surface area contributed by atoms with Gasteiger partial charge in [0.15, 0.2) is 0 Å². The van der Waals surface area contributed by atoms with Crippen molar-refractivity contribution in [1.82, 2.24) is 9.55 Å². The number of aromatic hydroxyl groups is 1. The summed E-state index contributed by atoms with van der Waals surface area (Å²) >= 11 is 0. The standard InChI is InChI=1S/C13H12N2O5/c1-20-9(16)7-15-12(18)10(11(17)14-13(15)19)8-5-3-2-4-6-8/h2-6,18H,7H2,1H3,(H,14,17,19). The highest BCUT2D eigenvalue weighted by atomic mass is 16.5. The number of nitrogens with one attached hydrogen (secondary N) is 1. The molecule has 0 unspecified atom stereocenters.